The molecule has 0 atom stereocenters. The van der Waals surface area contributed by atoms with Crippen molar-refractivity contribution < 1.29 is 4.79 Å². The van der Waals surface area contributed by atoms with Crippen molar-refractivity contribution in [2.75, 3.05) is 5.75 Å². The normalized spacial score (nSPS) is 9.92. The number of carbonyl (C=O) groups is 1. The number of rotatable bonds is 5. The van der Waals surface area contributed by atoms with E-state index in [4.69, 9.17) is 5.84 Å². The number of carbonyl (C=O) groups excluding carboxylic acids is 1. The molecule has 72 valence electrons. The first-order chi connectivity index (χ1) is 6.33. The van der Waals surface area contributed by atoms with Crippen molar-refractivity contribution in [3.05, 3.63) is 5.51 Å². The Morgan fingerprint density at radius 1 is 1.77 bits per heavy atom. The third-order valence-corrected chi connectivity index (χ3v) is 3.22. The number of hydrazine groups is 1. The summed E-state index contributed by atoms with van der Waals surface area (Å²) in [6.07, 6.45) is 1.26. The van der Waals surface area contributed by atoms with E-state index in [2.05, 4.69) is 15.6 Å². The largest absolute Gasteiger partial charge is 0.294 e. The molecule has 7 heteroatoms. The zero-order chi connectivity index (χ0) is 9.52. The van der Waals surface area contributed by atoms with Crippen molar-refractivity contribution in [3.8, 4) is 0 Å². The average Bonchev–Trinajstić information content (AvgIpc) is 2.64. The van der Waals surface area contributed by atoms with Crippen LogP contribution in [0.3, 0.4) is 0 Å². The second-order valence-electron chi connectivity index (χ2n) is 2.22. The first-order valence-corrected chi connectivity index (χ1v) is 5.58. The lowest BCUT2D eigenvalue weighted by atomic mass is 10.3. The molecule has 0 aliphatic carbocycles. The fraction of sp³-hybridized carbons (Fsp3) is 0.500. The number of nitrogens with zero attached hydrogens (tertiary/aromatic N) is 2. The van der Waals surface area contributed by atoms with E-state index in [0.29, 0.717) is 6.42 Å². The maximum atomic E-state index is 10.7. The third-order valence-electron chi connectivity index (χ3n) is 1.27. The van der Waals surface area contributed by atoms with Crippen LogP contribution >= 0.6 is 23.1 Å². The molecular formula is C6H10N4OS2. The SMILES string of the molecule is NNC(=O)CCCSc1nncs1. The van der Waals surface area contributed by atoms with Crippen molar-refractivity contribution in [1.82, 2.24) is 15.6 Å². The molecule has 5 nitrogen and oxygen atoms in total. The zero-order valence-electron chi connectivity index (χ0n) is 6.90. The van der Waals surface area contributed by atoms with Crippen LogP contribution in [-0.2, 0) is 4.79 Å². The summed E-state index contributed by atoms with van der Waals surface area (Å²) >= 11 is 3.11. The van der Waals surface area contributed by atoms with Gasteiger partial charge in [0.2, 0.25) is 5.91 Å². The molecule has 0 radical (unpaired) electrons. The molecular weight excluding hydrogens is 208 g/mol. The van der Waals surface area contributed by atoms with Crippen molar-refractivity contribution in [2.45, 2.75) is 17.2 Å². The van der Waals surface area contributed by atoms with Gasteiger partial charge in [-0.05, 0) is 6.42 Å². The van der Waals surface area contributed by atoms with E-state index in [1.165, 1.54) is 11.3 Å². The fourth-order valence-electron chi connectivity index (χ4n) is 0.690. The summed E-state index contributed by atoms with van der Waals surface area (Å²) in [5, 5.41) is 7.56. The molecule has 0 bridgehead atoms. The van der Waals surface area contributed by atoms with Gasteiger partial charge in [0.25, 0.3) is 0 Å². The topological polar surface area (TPSA) is 80.9 Å². The Morgan fingerprint density at radius 2 is 2.62 bits per heavy atom. The Morgan fingerprint density at radius 3 is 3.23 bits per heavy atom. The van der Waals surface area contributed by atoms with Gasteiger partial charge in [0.1, 0.15) is 5.51 Å². The number of thioether (sulfide) groups is 1. The number of nitrogens with one attached hydrogen (secondary N) is 1. The molecule has 1 heterocycles. The van der Waals surface area contributed by atoms with Crippen molar-refractivity contribution in [2.24, 2.45) is 5.84 Å². The van der Waals surface area contributed by atoms with E-state index >= 15 is 0 Å². The van der Waals surface area contributed by atoms with E-state index in [1.54, 1.807) is 17.3 Å². The van der Waals surface area contributed by atoms with Crippen LogP contribution in [0.15, 0.2) is 9.85 Å². The predicted molar refractivity (Wildman–Crippen MR) is 52.2 cm³/mol. The predicted octanol–water partition coefficient (Wildman–Crippen LogP) is 0.400. The van der Waals surface area contributed by atoms with Gasteiger partial charge in [-0.3, -0.25) is 10.2 Å². The summed E-state index contributed by atoms with van der Waals surface area (Å²) in [5.41, 5.74) is 3.77. The molecule has 0 saturated heterocycles. The van der Waals surface area contributed by atoms with Crippen molar-refractivity contribution in [1.29, 1.82) is 0 Å². The van der Waals surface area contributed by atoms with Crippen LogP contribution < -0.4 is 11.3 Å². The average molecular weight is 218 g/mol. The van der Waals surface area contributed by atoms with Crippen LogP contribution in [0.1, 0.15) is 12.8 Å². The maximum Gasteiger partial charge on any atom is 0.233 e. The number of amides is 1. The molecule has 0 fully saturated rings. The Kier molecular flexibility index (Phi) is 4.73. The number of nitrogens with two attached hydrogens (primary N) is 1. The zero-order valence-corrected chi connectivity index (χ0v) is 8.53. The second kappa shape index (κ2) is 5.90. The van der Waals surface area contributed by atoms with Crippen LogP contribution in [0.4, 0.5) is 0 Å². The van der Waals surface area contributed by atoms with Crippen molar-refractivity contribution in [3.63, 3.8) is 0 Å². The Balaban J connectivity index is 2.05. The first-order valence-electron chi connectivity index (χ1n) is 3.71. The molecule has 1 aromatic rings. The van der Waals surface area contributed by atoms with Crippen LogP contribution in [-0.4, -0.2) is 21.9 Å². The highest BCUT2D eigenvalue weighted by Gasteiger charge is 2.00. The van der Waals surface area contributed by atoms with Gasteiger partial charge in [0.05, 0.1) is 0 Å². The summed E-state index contributed by atoms with van der Waals surface area (Å²) in [5.74, 6) is 5.66. The minimum atomic E-state index is -0.127. The molecule has 1 amide bonds. The molecule has 0 aliphatic rings. The van der Waals surface area contributed by atoms with E-state index in [0.717, 1.165) is 16.5 Å². The molecule has 13 heavy (non-hydrogen) atoms. The molecule has 1 aromatic heterocycles. The summed E-state index contributed by atoms with van der Waals surface area (Å²) in [6.45, 7) is 0. The van der Waals surface area contributed by atoms with Gasteiger partial charge in [-0.1, -0.05) is 23.1 Å². The Labute approximate surface area is 84.1 Å². The van der Waals surface area contributed by atoms with E-state index in [-0.39, 0.29) is 5.91 Å². The molecule has 3 N–H and O–H groups in total. The van der Waals surface area contributed by atoms with Gasteiger partial charge < -0.3 is 0 Å². The maximum absolute atomic E-state index is 10.7. The van der Waals surface area contributed by atoms with Gasteiger partial charge in [-0.25, -0.2) is 5.84 Å². The van der Waals surface area contributed by atoms with Gasteiger partial charge in [-0.15, -0.1) is 10.2 Å². The number of hydrogen-bond acceptors (Lipinski definition) is 6. The summed E-state index contributed by atoms with van der Waals surface area (Å²) in [4.78, 5) is 10.7. The molecule has 0 aromatic carbocycles. The van der Waals surface area contributed by atoms with Gasteiger partial charge in [0, 0.05) is 12.2 Å². The lowest BCUT2D eigenvalue weighted by molar-refractivity contribution is -0.121. The smallest absolute Gasteiger partial charge is 0.233 e. The van der Waals surface area contributed by atoms with E-state index in [9.17, 15) is 4.79 Å². The van der Waals surface area contributed by atoms with Gasteiger partial charge >= 0.3 is 0 Å². The Bertz CT molecular complexity index is 251. The first kappa shape index (κ1) is 10.4. The summed E-state index contributed by atoms with van der Waals surface area (Å²) < 4.78 is 0.938. The van der Waals surface area contributed by atoms with Gasteiger partial charge in [-0.2, -0.15) is 0 Å². The highest BCUT2D eigenvalue weighted by molar-refractivity contribution is 8.00. The molecule has 0 aliphatic heterocycles. The molecule has 0 spiro atoms. The minimum Gasteiger partial charge on any atom is -0.294 e. The monoisotopic (exact) mass is 218 g/mol. The lowest BCUT2D eigenvalue weighted by Crippen LogP contribution is -2.29. The minimum absolute atomic E-state index is 0.127. The van der Waals surface area contributed by atoms with Crippen LogP contribution in [0.5, 0.6) is 0 Å². The number of aromatic nitrogens is 2. The molecule has 0 unspecified atom stereocenters. The van der Waals surface area contributed by atoms with Crippen molar-refractivity contribution >= 4 is 29.0 Å². The summed E-state index contributed by atoms with van der Waals surface area (Å²) in [6, 6.07) is 0. The highest BCUT2D eigenvalue weighted by Crippen LogP contribution is 2.19. The number of hydrogen-bond donors (Lipinski definition) is 2. The molecule has 1 rings (SSSR count). The van der Waals surface area contributed by atoms with Gasteiger partial charge in [0.15, 0.2) is 4.34 Å². The lowest BCUT2D eigenvalue weighted by Gasteiger charge is -1.97. The summed E-state index contributed by atoms with van der Waals surface area (Å²) in [7, 11) is 0. The fourth-order valence-corrected chi connectivity index (χ4v) is 2.19. The Hall–Kier alpha value is -0.660. The standard InChI is InChI=1S/C6H10N4OS2/c7-9-5(11)2-1-3-12-6-10-8-4-13-6/h4H,1-3,7H2,(H,9,11). The van der Waals surface area contributed by atoms with Crippen LogP contribution in [0.2, 0.25) is 0 Å². The van der Waals surface area contributed by atoms with Crippen LogP contribution in [0, 0.1) is 0 Å². The van der Waals surface area contributed by atoms with Crippen LogP contribution in [0.25, 0.3) is 0 Å². The quantitative estimate of drug-likeness (QED) is 0.246. The van der Waals surface area contributed by atoms with E-state index in [1.807, 2.05) is 0 Å². The van der Waals surface area contributed by atoms with E-state index < -0.39 is 0 Å². The highest BCUT2D eigenvalue weighted by atomic mass is 32.2. The third kappa shape index (κ3) is 4.20. The molecule has 0 saturated carbocycles. The second-order valence-corrected chi connectivity index (χ2v) is 4.40.